The monoisotopic (exact) mass is 269 g/mol. The van der Waals surface area contributed by atoms with Gasteiger partial charge in [-0.15, -0.1) is 0 Å². The van der Waals surface area contributed by atoms with Gasteiger partial charge in [0.15, 0.2) is 5.75 Å². The van der Waals surface area contributed by atoms with Gasteiger partial charge in [0.2, 0.25) is 0 Å². The van der Waals surface area contributed by atoms with Gasteiger partial charge >= 0.3 is 0 Å². The molecule has 0 atom stereocenters. The predicted octanol–water partition coefficient (Wildman–Crippen LogP) is 4.30. The minimum Gasteiger partial charge on any atom is -0.455 e. The number of ether oxygens (including phenoxy) is 1. The van der Waals surface area contributed by atoms with E-state index in [1.54, 1.807) is 6.92 Å². The Balaban J connectivity index is 2.37. The highest BCUT2D eigenvalue weighted by Crippen LogP contribution is 2.33. The zero-order chi connectivity index (χ0) is 13.3. The lowest BCUT2D eigenvalue weighted by Crippen LogP contribution is -1.95. The van der Waals surface area contributed by atoms with Crippen LogP contribution < -0.4 is 10.5 Å². The van der Waals surface area contributed by atoms with Crippen molar-refractivity contribution in [2.75, 3.05) is 5.73 Å². The molecule has 0 aliphatic carbocycles. The molecule has 2 rings (SSSR count). The first kappa shape index (κ1) is 12.6. The van der Waals surface area contributed by atoms with Gasteiger partial charge in [-0.3, -0.25) is 0 Å². The van der Waals surface area contributed by atoms with Crippen LogP contribution in [0.5, 0.6) is 11.5 Å². The van der Waals surface area contributed by atoms with Crippen LogP contribution in [0.4, 0.5) is 14.5 Å². The van der Waals surface area contributed by atoms with E-state index in [-0.39, 0.29) is 22.3 Å². The summed E-state index contributed by atoms with van der Waals surface area (Å²) in [4.78, 5) is 0. The number of anilines is 1. The zero-order valence-electron chi connectivity index (χ0n) is 9.51. The molecule has 0 spiro atoms. The number of benzene rings is 2. The Morgan fingerprint density at radius 1 is 1.11 bits per heavy atom. The van der Waals surface area contributed by atoms with Crippen molar-refractivity contribution >= 4 is 17.3 Å². The molecule has 0 radical (unpaired) electrons. The van der Waals surface area contributed by atoms with Crippen molar-refractivity contribution in [2.45, 2.75) is 6.92 Å². The molecule has 2 aromatic carbocycles. The van der Waals surface area contributed by atoms with E-state index < -0.39 is 5.82 Å². The van der Waals surface area contributed by atoms with Gasteiger partial charge in [0.05, 0.1) is 10.7 Å². The van der Waals surface area contributed by atoms with E-state index in [1.807, 2.05) is 0 Å². The van der Waals surface area contributed by atoms with Gasteiger partial charge in [-0.1, -0.05) is 11.6 Å². The molecule has 2 N–H and O–H groups in total. The number of rotatable bonds is 2. The highest BCUT2D eigenvalue weighted by Gasteiger charge is 2.10. The highest BCUT2D eigenvalue weighted by molar-refractivity contribution is 6.31. The maximum Gasteiger partial charge on any atom is 0.153 e. The second-order valence-corrected chi connectivity index (χ2v) is 4.22. The number of aryl methyl sites for hydroxylation is 1. The first-order chi connectivity index (χ1) is 8.47. The maximum absolute atomic E-state index is 13.3. The molecule has 0 heterocycles. The lowest BCUT2D eigenvalue weighted by molar-refractivity contribution is 0.473. The van der Waals surface area contributed by atoms with Crippen LogP contribution in [0.2, 0.25) is 5.02 Å². The quantitative estimate of drug-likeness (QED) is 0.825. The third-order valence-electron chi connectivity index (χ3n) is 2.41. The molecular weight excluding hydrogens is 260 g/mol. The van der Waals surface area contributed by atoms with E-state index in [1.165, 1.54) is 24.3 Å². The summed E-state index contributed by atoms with van der Waals surface area (Å²) in [5, 5.41) is -0.0734. The van der Waals surface area contributed by atoms with Gasteiger partial charge in [0.1, 0.15) is 17.4 Å². The van der Waals surface area contributed by atoms with Crippen molar-refractivity contribution in [3.8, 4) is 11.5 Å². The highest BCUT2D eigenvalue weighted by atomic mass is 35.5. The molecule has 0 bridgehead atoms. The lowest BCUT2D eigenvalue weighted by atomic mass is 10.2. The van der Waals surface area contributed by atoms with Crippen molar-refractivity contribution in [1.82, 2.24) is 0 Å². The van der Waals surface area contributed by atoms with E-state index in [9.17, 15) is 8.78 Å². The summed E-state index contributed by atoms with van der Waals surface area (Å²) < 4.78 is 31.7. The molecule has 0 unspecified atom stereocenters. The molecule has 0 saturated carbocycles. The van der Waals surface area contributed by atoms with Crippen molar-refractivity contribution in [3.63, 3.8) is 0 Å². The van der Waals surface area contributed by atoms with Gasteiger partial charge < -0.3 is 10.5 Å². The molecule has 0 saturated heterocycles. The zero-order valence-corrected chi connectivity index (χ0v) is 10.3. The first-order valence-electron chi connectivity index (χ1n) is 5.16. The number of hydrogen-bond acceptors (Lipinski definition) is 2. The minimum absolute atomic E-state index is 0.0734. The van der Waals surface area contributed by atoms with E-state index in [0.29, 0.717) is 11.3 Å². The molecule has 0 aliphatic rings. The van der Waals surface area contributed by atoms with E-state index >= 15 is 0 Å². The van der Waals surface area contributed by atoms with Gasteiger partial charge in [-0.2, -0.15) is 0 Å². The molecule has 2 nitrogen and oxygen atoms in total. The Kier molecular flexibility index (Phi) is 3.39. The normalized spacial score (nSPS) is 10.4. The average Bonchev–Trinajstić information content (AvgIpc) is 2.29. The van der Waals surface area contributed by atoms with Crippen molar-refractivity contribution in [2.24, 2.45) is 0 Å². The largest absolute Gasteiger partial charge is 0.455 e. The Morgan fingerprint density at radius 2 is 1.83 bits per heavy atom. The Labute approximate surface area is 108 Å². The summed E-state index contributed by atoms with van der Waals surface area (Å²) in [7, 11) is 0. The van der Waals surface area contributed by atoms with Crippen molar-refractivity contribution < 1.29 is 13.5 Å². The third kappa shape index (κ3) is 2.54. The van der Waals surface area contributed by atoms with Crippen molar-refractivity contribution in [1.29, 1.82) is 0 Å². The molecular formula is C13H10ClF2NO. The second-order valence-electron chi connectivity index (χ2n) is 3.82. The number of nitrogen functional groups attached to an aromatic ring is 1. The minimum atomic E-state index is -0.624. The van der Waals surface area contributed by atoms with Crippen LogP contribution in [0.3, 0.4) is 0 Å². The Hall–Kier alpha value is -1.81. The van der Waals surface area contributed by atoms with E-state index in [2.05, 4.69) is 0 Å². The van der Waals surface area contributed by atoms with Crippen LogP contribution in [-0.2, 0) is 0 Å². The van der Waals surface area contributed by atoms with Crippen molar-refractivity contribution in [3.05, 3.63) is 52.6 Å². The van der Waals surface area contributed by atoms with Gasteiger partial charge in [-0.25, -0.2) is 8.78 Å². The molecule has 18 heavy (non-hydrogen) atoms. The van der Waals surface area contributed by atoms with Gasteiger partial charge in [-0.05, 0) is 36.8 Å². The SMILES string of the molecule is Cc1cc(F)ccc1Oc1cc(F)c(Cl)cc1N. The summed E-state index contributed by atoms with van der Waals surface area (Å²) in [6.45, 7) is 1.68. The smallest absolute Gasteiger partial charge is 0.153 e. The average molecular weight is 270 g/mol. The molecule has 5 heteroatoms. The van der Waals surface area contributed by atoms with Gasteiger partial charge in [0, 0.05) is 6.07 Å². The fourth-order valence-corrected chi connectivity index (χ4v) is 1.65. The maximum atomic E-state index is 13.3. The van der Waals surface area contributed by atoms with Crippen LogP contribution in [0, 0.1) is 18.6 Å². The van der Waals surface area contributed by atoms with Crippen LogP contribution in [0.25, 0.3) is 0 Å². The van der Waals surface area contributed by atoms with Crippen LogP contribution in [-0.4, -0.2) is 0 Å². The first-order valence-corrected chi connectivity index (χ1v) is 5.53. The summed E-state index contributed by atoms with van der Waals surface area (Å²) >= 11 is 5.58. The fourth-order valence-electron chi connectivity index (χ4n) is 1.48. The van der Waals surface area contributed by atoms with Gasteiger partial charge in [0.25, 0.3) is 0 Å². The molecule has 0 amide bonds. The number of halogens is 3. The summed E-state index contributed by atoms with van der Waals surface area (Å²) in [6.07, 6.45) is 0. The summed E-state index contributed by atoms with van der Waals surface area (Å²) in [5.41, 5.74) is 6.47. The van der Waals surface area contributed by atoms with Crippen LogP contribution in [0.1, 0.15) is 5.56 Å². The summed E-state index contributed by atoms with van der Waals surface area (Å²) in [5.74, 6) is -0.438. The molecule has 0 aromatic heterocycles. The molecule has 0 fully saturated rings. The van der Waals surface area contributed by atoms with Crippen LogP contribution in [0.15, 0.2) is 30.3 Å². The predicted molar refractivity (Wildman–Crippen MR) is 67.0 cm³/mol. The third-order valence-corrected chi connectivity index (χ3v) is 2.70. The van der Waals surface area contributed by atoms with E-state index in [4.69, 9.17) is 22.1 Å². The van der Waals surface area contributed by atoms with Crippen LogP contribution >= 0.6 is 11.6 Å². The second kappa shape index (κ2) is 4.82. The number of hydrogen-bond donors (Lipinski definition) is 1. The summed E-state index contributed by atoms with van der Waals surface area (Å²) in [6, 6.07) is 6.39. The molecule has 0 aliphatic heterocycles. The Bertz CT molecular complexity index is 602. The Morgan fingerprint density at radius 3 is 2.50 bits per heavy atom. The lowest BCUT2D eigenvalue weighted by Gasteiger charge is -2.11. The topological polar surface area (TPSA) is 35.2 Å². The molecule has 2 aromatic rings. The molecule has 94 valence electrons. The van der Waals surface area contributed by atoms with E-state index in [0.717, 1.165) is 6.07 Å². The fraction of sp³-hybridized carbons (Fsp3) is 0.0769. The number of nitrogens with two attached hydrogens (primary N) is 1. The standard InChI is InChI=1S/C13H10ClF2NO/c1-7-4-8(15)2-3-12(7)18-13-6-10(16)9(14)5-11(13)17/h2-6H,17H2,1H3.